The summed E-state index contributed by atoms with van der Waals surface area (Å²) in [5.41, 5.74) is 1.61. The van der Waals surface area contributed by atoms with E-state index in [1.807, 2.05) is 18.5 Å². The molecule has 1 aliphatic rings. The highest BCUT2D eigenvalue weighted by molar-refractivity contribution is 7.90. The van der Waals surface area contributed by atoms with Crippen LogP contribution >= 0.6 is 0 Å². The Morgan fingerprint density at radius 3 is 2.79 bits per heavy atom. The highest BCUT2D eigenvalue weighted by Crippen LogP contribution is 2.20. The summed E-state index contributed by atoms with van der Waals surface area (Å²) in [5, 5.41) is 7.87. The standard InChI is InChI=1S/C8H13N3O2S/c1-6(2)11-8-3-4-14(12,13)5-7(8)9-10-11/h6H,3-5H2,1-2H3. The monoisotopic (exact) mass is 215 g/mol. The van der Waals surface area contributed by atoms with Crippen molar-refractivity contribution in [3.8, 4) is 0 Å². The summed E-state index contributed by atoms with van der Waals surface area (Å²) in [7, 11) is -2.92. The molecule has 0 bridgehead atoms. The van der Waals surface area contributed by atoms with E-state index in [0.717, 1.165) is 5.69 Å². The van der Waals surface area contributed by atoms with E-state index in [4.69, 9.17) is 0 Å². The Morgan fingerprint density at radius 1 is 1.43 bits per heavy atom. The average molecular weight is 215 g/mol. The molecule has 0 atom stereocenters. The number of aromatic nitrogens is 3. The van der Waals surface area contributed by atoms with Crippen LogP contribution in [0.4, 0.5) is 0 Å². The Hall–Kier alpha value is -0.910. The van der Waals surface area contributed by atoms with E-state index in [9.17, 15) is 8.42 Å². The zero-order chi connectivity index (χ0) is 10.3. The maximum atomic E-state index is 11.3. The Bertz CT molecular complexity index is 447. The summed E-state index contributed by atoms with van der Waals surface area (Å²) < 4.78 is 24.4. The van der Waals surface area contributed by atoms with Gasteiger partial charge >= 0.3 is 0 Å². The lowest BCUT2D eigenvalue weighted by atomic mass is 10.2. The van der Waals surface area contributed by atoms with Gasteiger partial charge in [0.15, 0.2) is 9.84 Å². The van der Waals surface area contributed by atoms with Gasteiger partial charge in [0.05, 0.1) is 17.2 Å². The van der Waals surface area contributed by atoms with Gasteiger partial charge in [-0.3, -0.25) is 0 Å². The Balaban J connectivity index is 2.44. The summed E-state index contributed by atoms with van der Waals surface area (Å²) in [5.74, 6) is 0.273. The summed E-state index contributed by atoms with van der Waals surface area (Å²) in [4.78, 5) is 0. The molecule has 0 saturated carbocycles. The molecule has 1 aromatic rings. The van der Waals surface area contributed by atoms with Crippen LogP contribution in [-0.4, -0.2) is 29.2 Å². The number of nitrogens with zero attached hydrogens (tertiary/aromatic N) is 3. The summed E-state index contributed by atoms with van der Waals surface area (Å²) in [6, 6.07) is 0.243. The molecule has 1 aliphatic heterocycles. The quantitative estimate of drug-likeness (QED) is 0.677. The van der Waals surface area contributed by atoms with E-state index in [2.05, 4.69) is 10.3 Å². The van der Waals surface area contributed by atoms with Crippen molar-refractivity contribution in [3.05, 3.63) is 11.4 Å². The van der Waals surface area contributed by atoms with Crippen LogP contribution in [-0.2, 0) is 22.0 Å². The Labute approximate surface area is 83.0 Å². The zero-order valence-corrected chi connectivity index (χ0v) is 9.08. The Kier molecular flexibility index (Phi) is 2.10. The third kappa shape index (κ3) is 1.54. The summed E-state index contributed by atoms with van der Waals surface area (Å²) in [6.45, 7) is 4.02. The van der Waals surface area contributed by atoms with Gasteiger partial charge in [-0.15, -0.1) is 5.10 Å². The fourth-order valence-corrected chi connectivity index (χ4v) is 2.95. The molecule has 0 aliphatic carbocycles. The van der Waals surface area contributed by atoms with Crippen LogP contribution in [0.2, 0.25) is 0 Å². The first-order valence-electron chi connectivity index (χ1n) is 4.63. The number of rotatable bonds is 1. The predicted molar refractivity (Wildman–Crippen MR) is 51.6 cm³/mol. The molecular formula is C8H13N3O2S. The van der Waals surface area contributed by atoms with Crippen molar-refractivity contribution in [1.29, 1.82) is 0 Å². The molecule has 14 heavy (non-hydrogen) atoms. The molecule has 0 radical (unpaired) electrons. The number of sulfone groups is 1. The van der Waals surface area contributed by atoms with Gasteiger partial charge in [-0.25, -0.2) is 13.1 Å². The summed E-state index contributed by atoms with van der Waals surface area (Å²) in [6.07, 6.45) is 0.544. The largest absolute Gasteiger partial charge is 0.247 e. The molecular weight excluding hydrogens is 202 g/mol. The van der Waals surface area contributed by atoms with E-state index >= 15 is 0 Å². The number of hydrogen-bond acceptors (Lipinski definition) is 4. The van der Waals surface area contributed by atoms with E-state index in [1.54, 1.807) is 0 Å². The van der Waals surface area contributed by atoms with E-state index < -0.39 is 9.84 Å². The van der Waals surface area contributed by atoms with Gasteiger partial charge in [-0.1, -0.05) is 5.21 Å². The van der Waals surface area contributed by atoms with Gasteiger partial charge < -0.3 is 0 Å². The van der Waals surface area contributed by atoms with E-state index in [-0.39, 0.29) is 17.5 Å². The van der Waals surface area contributed by atoms with Crippen LogP contribution in [0.15, 0.2) is 0 Å². The minimum Gasteiger partial charge on any atom is -0.247 e. The van der Waals surface area contributed by atoms with Crippen molar-refractivity contribution in [2.24, 2.45) is 0 Å². The molecule has 0 N–H and O–H groups in total. The van der Waals surface area contributed by atoms with Crippen LogP contribution < -0.4 is 0 Å². The van der Waals surface area contributed by atoms with E-state index in [1.165, 1.54) is 0 Å². The van der Waals surface area contributed by atoms with Crippen molar-refractivity contribution < 1.29 is 8.42 Å². The lowest BCUT2D eigenvalue weighted by molar-refractivity contribution is 0.495. The highest BCUT2D eigenvalue weighted by atomic mass is 32.2. The Morgan fingerprint density at radius 2 is 2.14 bits per heavy atom. The van der Waals surface area contributed by atoms with Gasteiger partial charge in [0.2, 0.25) is 0 Å². The van der Waals surface area contributed by atoms with Gasteiger partial charge in [0.25, 0.3) is 0 Å². The normalized spacial score (nSPS) is 19.6. The first-order chi connectivity index (χ1) is 6.49. The average Bonchev–Trinajstić information content (AvgIpc) is 2.44. The molecule has 2 heterocycles. The molecule has 78 valence electrons. The van der Waals surface area contributed by atoms with Crippen LogP contribution in [0.5, 0.6) is 0 Å². The molecule has 1 aromatic heterocycles. The topological polar surface area (TPSA) is 64.8 Å². The van der Waals surface area contributed by atoms with Crippen LogP contribution in [0.1, 0.15) is 31.3 Å². The lowest BCUT2D eigenvalue weighted by Gasteiger charge is -2.14. The smallest absolute Gasteiger partial charge is 0.156 e. The maximum absolute atomic E-state index is 11.3. The second-order valence-electron chi connectivity index (χ2n) is 3.86. The molecule has 5 nitrogen and oxygen atoms in total. The minimum absolute atomic E-state index is 0.0506. The lowest BCUT2D eigenvalue weighted by Crippen LogP contribution is -2.21. The first-order valence-corrected chi connectivity index (χ1v) is 6.45. The van der Waals surface area contributed by atoms with Crippen molar-refractivity contribution in [2.45, 2.75) is 32.1 Å². The fourth-order valence-electron chi connectivity index (χ4n) is 1.66. The van der Waals surface area contributed by atoms with Gasteiger partial charge in [0, 0.05) is 12.5 Å². The maximum Gasteiger partial charge on any atom is 0.156 e. The van der Waals surface area contributed by atoms with Crippen molar-refractivity contribution in [1.82, 2.24) is 15.0 Å². The highest BCUT2D eigenvalue weighted by Gasteiger charge is 2.26. The molecule has 2 rings (SSSR count). The van der Waals surface area contributed by atoms with Gasteiger partial charge in [0.1, 0.15) is 5.69 Å². The molecule has 6 heteroatoms. The van der Waals surface area contributed by atoms with Crippen molar-refractivity contribution in [2.75, 3.05) is 5.75 Å². The second-order valence-corrected chi connectivity index (χ2v) is 6.05. The van der Waals surface area contributed by atoms with Crippen LogP contribution in [0, 0.1) is 0 Å². The third-order valence-electron chi connectivity index (χ3n) is 2.37. The molecule has 0 spiro atoms. The molecule has 0 aromatic carbocycles. The van der Waals surface area contributed by atoms with Crippen LogP contribution in [0.3, 0.4) is 0 Å². The van der Waals surface area contributed by atoms with Gasteiger partial charge in [-0.2, -0.15) is 0 Å². The second kappa shape index (κ2) is 3.05. The van der Waals surface area contributed by atoms with Crippen molar-refractivity contribution in [3.63, 3.8) is 0 Å². The molecule has 0 amide bonds. The minimum atomic E-state index is -2.92. The third-order valence-corrected chi connectivity index (χ3v) is 3.91. The SMILES string of the molecule is CC(C)n1nnc2c1CCS(=O)(=O)C2. The molecule has 0 unspecified atom stereocenters. The van der Waals surface area contributed by atoms with Crippen molar-refractivity contribution >= 4 is 9.84 Å². The number of hydrogen-bond donors (Lipinski definition) is 0. The predicted octanol–water partition coefficient (Wildman–Crippen LogP) is 0.330. The van der Waals surface area contributed by atoms with E-state index in [0.29, 0.717) is 12.1 Å². The fraction of sp³-hybridized carbons (Fsp3) is 0.750. The zero-order valence-electron chi connectivity index (χ0n) is 8.27. The van der Waals surface area contributed by atoms with Crippen LogP contribution in [0.25, 0.3) is 0 Å². The number of fused-ring (bicyclic) bond motifs is 1. The summed E-state index contributed by atoms with van der Waals surface area (Å²) >= 11 is 0. The molecule has 0 fully saturated rings. The first kappa shape index (κ1) is 9.64. The van der Waals surface area contributed by atoms with Gasteiger partial charge in [-0.05, 0) is 13.8 Å². The molecule has 0 saturated heterocycles.